The van der Waals surface area contributed by atoms with Gasteiger partial charge in [0.05, 0.1) is 5.39 Å². The Morgan fingerprint density at radius 2 is 1.81 bits per heavy atom. The van der Waals surface area contributed by atoms with Crippen LogP contribution >= 0.6 is 0 Å². The fourth-order valence-corrected chi connectivity index (χ4v) is 2.45. The molecule has 27 heavy (non-hydrogen) atoms. The SMILES string of the molecule is Cc1ccc(C)c(OCC(=O)NNC(=O)c2cc(=O)c3ccccc3o2)c1. The Kier molecular flexibility index (Phi) is 5.21. The van der Waals surface area contributed by atoms with Crippen molar-refractivity contribution in [2.75, 3.05) is 6.61 Å². The third-order valence-corrected chi connectivity index (χ3v) is 3.88. The molecular formula is C20H18N2O5. The van der Waals surface area contributed by atoms with Crippen molar-refractivity contribution in [3.8, 4) is 5.75 Å². The molecule has 0 saturated heterocycles. The Bertz CT molecular complexity index is 1070. The second kappa shape index (κ2) is 7.74. The largest absolute Gasteiger partial charge is 0.483 e. The molecule has 0 bridgehead atoms. The molecule has 2 amide bonds. The predicted octanol–water partition coefficient (Wildman–Crippen LogP) is 2.25. The molecule has 0 aliphatic heterocycles. The van der Waals surface area contributed by atoms with E-state index in [9.17, 15) is 14.4 Å². The number of rotatable bonds is 4. The molecule has 0 aliphatic rings. The van der Waals surface area contributed by atoms with Crippen molar-refractivity contribution in [3.05, 3.63) is 75.6 Å². The van der Waals surface area contributed by atoms with Crippen LogP contribution < -0.4 is 21.0 Å². The van der Waals surface area contributed by atoms with Gasteiger partial charge in [0.1, 0.15) is 11.3 Å². The van der Waals surface area contributed by atoms with Gasteiger partial charge in [0.2, 0.25) is 0 Å². The number of benzene rings is 2. The lowest BCUT2D eigenvalue weighted by Gasteiger charge is -2.11. The zero-order valence-corrected chi connectivity index (χ0v) is 14.9. The number of aryl methyl sites for hydroxylation is 2. The van der Waals surface area contributed by atoms with Gasteiger partial charge in [-0.2, -0.15) is 0 Å². The van der Waals surface area contributed by atoms with E-state index in [-0.39, 0.29) is 17.8 Å². The molecule has 138 valence electrons. The zero-order valence-electron chi connectivity index (χ0n) is 14.9. The molecule has 7 nitrogen and oxygen atoms in total. The summed E-state index contributed by atoms with van der Waals surface area (Å²) in [5.41, 5.74) is 6.29. The Labute approximate surface area is 154 Å². The summed E-state index contributed by atoms with van der Waals surface area (Å²) >= 11 is 0. The molecule has 3 aromatic rings. The average molecular weight is 366 g/mol. The number of hydrazine groups is 1. The molecule has 0 radical (unpaired) electrons. The van der Waals surface area contributed by atoms with Gasteiger partial charge < -0.3 is 9.15 Å². The molecule has 0 aliphatic carbocycles. The number of carbonyl (C=O) groups is 2. The number of amides is 2. The minimum atomic E-state index is -0.738. The number of nitrogens with one attached hydrogen (secondary N) is 2. The van der Waals surface area contributed by atoms with Crippen molar-refractivity contribution in [2.45, 2.75) is 13.8 Å². The molecule has 0 saturated carbocycles. The Hall–Kier alpha value is -3.61. The maximum absolute atomic E-state index is 12.1. The molecule has 1 aromatic heterocycles. The van der Waals surface area contributed by atoms with Gasteiger partial charge in [-0.3, -0.25) is 25.2 Å². The maximum atomic E-state index is 12.1. The number of hydrogen-bond acceptors (Lipinski definition) is 5. The summed E-state index contributed by atoms with van der Waals surface area (Å²) in [6.07, 6.45) is 0. The second-order valence-electron chi connectivity index (χ2n) is 6.03. The minimum absolute atomic E-state index is 0.200. The van der Waals surface area contributed by atoms with Crippen LogP contribution in [0.2, 0.25) is 0 Å². The van der Waals surface area contributed by atoms with E-state index in [0.717, 1.165) is 17.2 Å². The van der Waals surface area contributed by atoms with Crippen molar-refractivity contribution >= 4 is 22.8 Å². The third kappa shape index (κ3) is 4.33. The van der Waals surface area contributed by atoms with E-state index in [0.29, 0.717) is 16.7 Å². The lowest BCUT2D eigenvalue weighted by atomic mass is 10.1. The van der Waals surface area contributed by atoms with Crippen molar-refractivity contribution < 1.29 is 18.7 Å². The van der Waals surface area contributed by atoms with Gasteiger partial charge in [-0.25, -0.2) is 0 Å². The standard InChI is InChI=1S/C20H18N2O5/c1-12-7-8-13(2)17(9-12)26-11-19(24)21-22-20(25)18-10-15(23)14-5-3-4-6-16(14)27-18/h3-10H,11H2,1-2H3,(H,21,24)(H,22,25). The van der Waals surface area contributed by atoms with Gasteiger partial charge in [0.15, 0.2) is 17.8 Å². The van der Waals surface area contributed by atoms with Crippen LogP contribution in [0.5, 0.6) is 5.75 Å². The highest BCUT2D eigenvalue weighted by atomic mass is 16.5. The summed E-state index contributed by atoms with van der Waals surface area (Å²) in [5, 5.41) is 0.375. The lowest BCUT2D eigenvalue weighted by Crippen LogP contribution is -2.44. The van der Waals surface area contributed by atoms with Gasteiger partial charge in [0, 0.05) is 6.07 Å². The van der Waals surface area contributed by atoms with Crippen LogP contribution in [0.3, 0.4) is 0 Å². The molecule has 1 heterocycles. The fraction of sp³-hybridized carbons (Fsp3) is 0.150. The van der Waals surface area contributed by atoms with Crippen molar-refractivity contribution in [1.29, 1.82) is 0 Å². The summed E-state index contributed by atoms with van der Waals surface area (Å²) in [6.45, 7) is 3.52. The van der Waals surface area contributed by atoms with Gasteiger partial charge in [0.25, 0.3) is 5.91 Å². The molecule has 0 unspecified atom stereocenters. The molecule has 0 fully saturated rings. The third-order valence-electron chi connectivity index (χ3n) is 3.88. The van der Waals surface area contributed by atoms with E-state index >= 15 is 0 Å². The zero-order chi connectivity index (χ0) is 19.4. The molecule has 3 rings (SSSR count). The maximum Gasteiger partial charge on any atom is 0.305 e. The number of fused-ring (bicyclic) bond motifs is 1. The summed E-state index contributed by atoms with van der Waals surface area (Å²) in [4.78, 5) is 36.0. The van der Waals surface area contributed by atoms with Gasteiger partial charge in [-0.05, 0) is 43.2 Å². The first-order valence-corrected chi connectivity index (χ1v) is 8.26. The quantitative estimate of drug-likeness (QED) is 0.690. The van der Waals surface area contributed by atoms with Crippen molar-refractivity contribution in [2.24, 2.45) is 0 Å². The van der Waals surface area contributed by atoms with Gasteiger partial charge in [-0.1, -0.05) is 24.3 Å². The van der Waals surface area contributed by atoms with E-state index in [1.807, 2.05) is 32.0 Å². The van der Waals surface area contributed by atoms with Crippen LogP contribution in [0, 0.1) is 13.8 Å². The van der Waals surface area contributed by atoms with E-state index in [1.54, 1.807) is 24.3 Å². The lowest BCUT2D eigenvalue weighted by molar-refractivity contribution is -0.123. The monoisotopic (exact) mass is 366 g/mol. The second-order valence-corrected chi connectivity index (χ2v) is 6.03. The predicted molar refractivity (Wildman–Crippen MR) is 99.5 cm³/mol. The van der Waals surface area contributed by atoms with Gasteiger partial charge in [-0.15, -0.1) is 0 Å². The first-order chi connectivity index (χ1) is 12.9. The number of ether oxygens (including phenoxy) is 1. The Morgan fingerprint density at radius 1 is 1.04 bits per heavy atom. The molecule has 2 N–H and O–H groups in total. The highest BCUT2D eigenvalue weighted by molar-refractivity contribution is 5.94. The van der Waals surface area contributed by atoms with Gasteiger partial charge >= 0.3 is 5.91 Å². The topological polar surface area (TPSA) is 97.6 Å². The van der Waals surface area contributed by atoms with E-state index in [4.69, 9.17) is 9.15 Å². The first kappa shape index (κ1) is 18.2. The molecular weight excluding hydrogens is 348 g/mol. The summed E-state index contributed by atoms with van der Waals surface area (Å²) in [6, 6.07) is 13.3. The fourth-order valence-electron chi connectivity index (χ4n) is 2.45. The van der Waals surface area contributed by atoms with E-state index in [1.165, 1.54) is 0 Å². The molecule has 0 spiro atoms. The highest BCUT2D eigenvalue weighted by Gasteiger charge is 2.13. The molecule has 2 aromatic carbocycles. The van der Waals surface area contributed by atoms with E-state index < -0.39 is 11.8 Å². The van der Waals surface area contributed by atoms with Crippen molar-refractivity contribution in [3.63, 3.8) is 0 Å². The summed E-state index contributed by atoms with van der Waals surface area (Å²) < 4.78 is 10.9. The number of carbonyl (C=O) groups excluding carboxylic acids is 2. The number of para-hydroxylation sites is 1. The van der Waals surface area contributed by atoms with Crippen LogP contribution in [0.4, 0.5) is 0 Å². The van der Waals surface area contributed by atoms with Crippen LogP contribution in [0.25, 0.3) is 11.0 Å². The molecule has 7 heteroatoms. The normalized spacial score (nSPS) is 10.4. The first-order valence-electron chi connectivity index (χ1n) is 8.26. The van der Waals surface area contributed by atoms with Crippen LogP contribution in [-0.2, 0) is 4.79 Å². The minimum Gasteiger partial charge on any atom is -0.483 e. The average Bonchev–Trinajstić information content (AvgIpc) is 2.66. The van der Waals surface area contributed by atoms with Crippen LogP contribution in [0.1, 0.15) is 21.7 Å². The Morgan fingerprint density at radius 3 is 2.63 bits per heavy atom. The number of hydrogen-bond donors (Lipinski definition) is 2. The summed E-state index contributed by atoms with van der Waals surface area (Å²) in [7, 11) is 0. The molecule has 0 atom stereocenters. The summed E-state index contributed by atoms with van der Waals surface area (Å²) in [5.74, 6) is -0.892. The van der Waals surface area contributed by atoms with E-state index in [2.05, 4.69) is 10.9 Å². The van der Waals surface area contributed by atoms with Crippen LogP contribution in [-0.4, -0.2) is 18.4 Å². The Balaban J connectivity index is 1.59. The smallest absolute Gasteiger partial charge is 0.305 e. The highest BCUT2D eigenvalue weighted by Crippen LogP contribution is 2.18. The van der Waals surface area contributed by atoms with Crippen LogP contribution in [0.15, 0.2) is 57.7 Å². The van der Waals surface area contributed by atoms with Crippen molar-refractivity contribution in [1.82, 2.24) is 10.9 Å².